The molecule has 11 heavy (non-hydrogen) atoms. The molecule has 4 nitrogen and oxygen atoms in total. The fraction of sp³-hybridized carbons (Fsp3) is 0.143. The standard InChI is InChI=1S/C7H9N.3H2O/c8-6-7-4-2-1-3-5-7;;;/h1-5H,6,8H2;3*1H2. The van der Waals surface area contributed by atoms with Gasteiger partial charge in [0.05, 0.1) is 0 Å². The van der Waals surface area contributed by atoms with Gasteiger partial charge in [0.1, 0.15) is 0 Å². The van der Waals surface area contributed by atoms with Crippen LogP contribution in [-0.2, 0) is 6.54 Å². The third kappa shape index (κ3) is 5.50. The van der Waals surface area contributed by atoms with Crippen molar-refractivity contribution >= 4 is 0 Å². The van der Waals surface area contributed by atoms with Gasteiger partial charge in [-0.3, -0.25) is 0 Å². The molecule has 0 atom stereocenters. The molecular weight excluding hydrogens is 146 g/mol. The van der Waals surface area contributed by atoms with Gasteiger partial charge < -0.3 is 22.2 Å². The van der Waals surface area contributed by atoms with Crippen molar-refractivity contribution in [2.24, 2.45) is 5.73 Å². The molecule has 0 unspecified atom stereocenters. The van der Waals surface area contributed by atoms with Crippen molar-refractivity contribution in [1.29, 1.82) is 0 Å². The van der Waals surface area contributed by atoms with E-state index < -0.39 is 0 Å². The predicted molar refractivity (Wildman–Crippen MR) is 45.2 cm³/mol. The van der Waals surface area contributed by atoms with E-state index in [0.717, 1.165) is 0 Å². The Morgan fingerprint density at radius 2 is 1.36 bits per heavy atom. The van der Waals surface area contributed by atoms with E-state index in [1.54, 1.807) is 0 Å². The minimum absolute atomic E-state index is 0. The van der Waals surface area contributed by atoms with Gasteiger partial charge in [-0.15, -0.1) is 0 Å². The predicted octanol–water partition coefficient (Wildman–Crippen LogP) is -1.33. The van der Waals surface area contributed by atoms with Crippen LogP contribution in [0, 0.1) is 0 Å². The Morgan fingerprint density at radius 1 is 0.909 bits per heavy atom. The number of hydrogen-bond acceptors (Lipinski definition) is 1. The highest BCUT2D eigenvalue weighted by Crippen LogP contribution is 1.94. The Bertz CT molecular complexity index is 155. The lowest BCUT2D eigenvalue weighted by molar-refractivity contribution is 0.823. The van der Waals surface area contributed by atoms with Crippen LogP contribution in [-0.4, -0.2) is 16.4 Å². The van der Waals surface area contributed by atoms with Crippen LogP contribution in [0.15, 0.2) is 30.3 Å². The van der Waals surface area contributed by atoms with E-state index in [-0.39, 0.29) is 16.4 Å². The second-order valence-electron chi connectivity index (χ2n) is 1.69. The van der Waals surface area contributed by atoms with Crippen molar-refractivity contribution in [2.45, 2.75) is 6.54 Å². The van der Waals surface area contributed by atoms with E-state index >= 15 is 0 Å². The first kappa shape index (κ1) is 16.6. The van der Waals surface area contributed by atoms with E-state index in [9.17, 15) is 0 Å². The minimum atomic E-state index is 0. The molecule has 0 saturated carbocycles. The molecule has 0 saturated heterocycles. The summed E-state index contributed by atoms with van der Waals surface area (Å²) in [7, 11) is 0. The third-order valence-electron chi connectivity index (χ3n) is 1.08. The largest absolute Gasteiger partial charge is 0.412 e. The van der Waals surface area contributed by atoms with Crippen molar-refractivity contribution in [2.75, 3.05) is 0 Å². The SMILES string of the molecule is NCc1ccccc1.O.O.O. The Hall–Kier alpha value is -0.940. The van der Waals surface area contributed by atoms with Gasteiger partial charge >= 0.3 is 0 Å². The van der Waals surface area contributed by atoms with Crippen LogP contribution < -0.4 is 5.73 Å². The van der Waals surface area contributed by atoms with E-state index in [1.165, 1.54) is 5.56 Å². The number of benzene rings is 1. The molecule has 4 heteroatoms. The molecule has 66 valence electrons. The van der Waals surface area contributed by atoms with Crippen molar-refractivity contribution in [3.63, 3.8) is 0 Å². The highest BCUT2D eigenvalue weighted by molar-refractivity contribution is 5.13. The molecule has 0 spiro atoms. The van der Waals surface area contributed by atoms with Crippen LogP contribution in [0.1, 0.15) is 5.56 Å². The summed E-state index contributed by atoms with van der Waals surface area (Å²) < 4.78 is 0. The van der Waals surface area contributed by atoms with Crippen LogP contribution >= 0.6 is 0 Å². The van der Waals surface area contributed by atoms with Crippen molar-refractivity contribution < 1.29 is 16.4 Å². The molecule has 0 aliphatic heterocycles. The van der Waals surface area contributed by atoms with Gasteiger partial charge in [-0.05, 0) is 5.56 Å². The summed E-state index contributed by atoms with van der Waals surface area (Å²) in [5, 5.41) is 0. The molecule has 0 amide bonds. The maximum Gasteiger partial charge on any atom is 0.0178 e. The first-order chi connectivity index (χ1) is 3.93. The lowest BCUT2D eigenvalue weighted by Crippen LogP contribution is -1.94. The first-order valence-electron chi connectivity index (χ1n) is 2.67. The number of hydrogen-bond donors (Lipinski definition) is 1. The average Bonchev–Trinajstić information content (AvgIpc) is 1.90. The molecule has 0 heterocycles. The molecule has 0 aromatic heterocycles. The fourth-order valence-electron chi connectivity index (χ4n) is 0.614. The molecule has 1 aromatic carbocycles. The quantitative estimate of drug-likeness (QED) is 0.539. The molecule has 0 aliphatic carbocycles. The molecule has 0 bridgehead atoms. The van der Waals surface area contributed by atoms with Crippen LogP contribution in [0.2, 0.25) is 0 Å². The lowest BCUT2D eigenvalue weighted by Gasteiger charge is -1.90. The monoisotopic (exact) mass is 161 g/mol. The van der Waals surface area contributed by atoms with Gasteiger partial charge in [0.25, 0.3) is 0 Å². The van der Waals surface area contributed by atoms with Gasteiger partial charge in [-0.25, -0.2) is 0 Å². The van der Waals surface area contributed by atoms with Crippen LogP contribution in [0.3, 0.4) is 0 Å². The summed E-state index contributed by atoms with van der Waals surface area (Å²) in [5.74, 6) is 0. The lowest BCUT2D eigenvalue weighted by atomic mass is 10.2. The van der Waals surface area contributed by atoms with Crippen molar-refractivity contribution in [1.82, 2.24) is 0 Å². The molecule has 0 aliphatic rings. The Labute approximate surface area is 65.6 Å². The summed E-state index contributed by atoms with van der Waals surface area (Å²) >= 11 is 0. The van der Waals surface area contributed by atoms with Gasteiger partial charge in [-0.1, -0.05) is 30.3 Å². The number of nitrogens with two attached hydrogens (primary N) is 1. The highest BCUT2D eigenvalue weighted by atomic mass is 16.0. The van der Waals surface area contributed by atoms with Gasteiger partial charge in [0.15, 0.2) is 0 Å². The highest BCUT2D eigenvalue weighted by Gasteiger charge is 1.80. The van der Waals surface area contributed by atoms with Gasteiger partial charge in [0.2, 0.25) is 0 Å². The second kappa shape index (κ2) is 9.06. The van der Waals surface area contributed by atoms with E-state index in [2.05, 4.69) is 0 Å². The van der Waals surface area contributed by atoms with Crippen molar-refractivity contribution in [3.8, 4) is 0 Å². The topological polar surface area (TPSA) is 121 Å². The summed E-state index contributed by atoms with van der Waals surface area (Å²) in [6, 6.07) is 9.99. The molecule has 0 radical (unpaired) electrons. The van der Waals surface area contributed by atoms with Gasteiger partial charge in [0, 0.05) is 6.54 Å². The van der Waals surface area contributed by atoms with Crippen LogP contribution in [0.4, 0.5) is 0 Å². The van der Waals surface area contributed by atoms with E-state index in [4.69, 9.17) is 5.73 Å². The normalized spacial score (nSPS) is 6.64. The third-order valence-corrected chi connectivity index (χ3v) is 1.08. The minimum Gasteiger partial charge on any atom is -0.412 e. The molecule has 1 aromatic rings. The van der Waals surface area contributed by atoms with E-state index in [1.807, 2.05) is 30.3 Å². The molecule has 1 rings (SSSR count). The number of rotatable bonds is 1. The maximum absolute atomic E-state index is 5.35. The molecule has 0 fully saturated rings. The fourth-order valence-corrected chi connectivity index (χ4v) is 0.614. The summed E-state index contributed by atoms with van der Waals surface area (Å²) in [5.41, 5.74) is 6.54. The van der Waals surface area contributed by atoms with E-state index in [0.29, 0.717) is 6.54 Å². The smallest absolute Gasteiger partial charge is 0.0178 e. The Balaban J connectivity index is -0.000000213. The summed E-state index contributed by atoms with van der Waals surface area (Å²) in [6.07, 6.45) is 0. The van der Waals surface area contributed by atoms with Crippen molar-refractivity contribution in [3.05, 3.63) is 35.9 Å². The zero-order valence-corrected chi connectivity index (χ0v) is 6.17. The first-order valence-corrected chi connectivity index (χ1v) is 2.67. The van der Waals surface area contributed by atoms with Crippen LogP contribution in [0.5, 0.6) is 0 Å². The average molecular weight is 161 g/mol. The van der Waals surface area contributed by atoms with Crippen LogP contribution in [0.25, 0.3) is 0 Å². The summed E-state index contributed by atoms with van der Waals surface area (Å²) in [6.45, 7) is 0.640. The molecular formula is C7H15NO3. The van der Waals surface area contributed by atoms with Gasteiger partial charge in [-0.2, -0.15) is 0 Å². The zero-order valence-electron chi connectivity index (χ0n) is 6.17. The Morgan fingerprint density at radius 3 is 1.64 bits per heavy atom. The maximum atomic E-state index is 5.35. The summed E-state index contributed by atoms with van der Waals surface area (Å²) in [4.78, 5) is 0. The molecule has 8 N–H and O–H groups in total. The Kier molecular flexibility index (Phi) is 13.6. The second-order valence-corrected chi connectivity index (χ2v) is 1.69. The zero-order chi connectivity index (χ0) is 5.82.